The Morgan fingerprint density at radius 1 is 1.07 bits per heavy atom. The van der Waals surface area contributed by atoms with E-state index in [9.17, 15) is 14.0 Å². The molecule has 2 amide bonds. The average molecular weight is 390 g/mol. The Morgan fingerprint density at radius 2 is 1.76 bits per heavy atom. The summed E-state index contributed by atoms with van der Waals surface area (Å²) in [5, 5.41) is 1.67. The fourth-order valence-electron chi connectivity index (χ4n) is 3.95. The summed E-state index contributed by atoms with van der Waals surface area (Å²) in [6, 6.07) is 14.2. The maximum atomic E-state index is 14.4. The Kier molecular flexibility index (Phi) is 4.82. The van der Waals surface area contributed by atoms with Gasteiger partial charge in [-0.3, -0.25) is 9.59 Å². The van der Waals surface area contributed by atoms with E-state index in [1.54, 1.807) is 0 Å². The second kappa shape index (κ2) is 7.32. The Labute approximate surface area is 168 Å². The van der Waals surface area contributed by atoms with Crippen LogP contribution in [0.4, 0.5) is 10.1 Å². The molecule has 0 saturated heterocycles. The first kappa shape index (κ1) is 19.1. The molecule has 29 heavy (non-hydrogen) atoms. The monoisotopic (exact) mass is 390 g/mol. The quantitative estimate of drug-likeness (QED) is 0.564. The Hall–Kier alpha value is -3.21. The molecule has 4 nitrogen and oxygen atoms in total. The van der Waals surface area contributed by atoms with Crippen LogP contribution < -0.4 is 9.64 Å². The lowest BCUT2D eigenvalue weighted by Crippen LogP contribution is -2.30. The Balaban J connectivity index is 2.06. The number of amides is 2. The van der Waals surface area contributed by atoms with Crippen LogP contribution in [0, 0.1) is 17.8 Å². The molecule has 3 aromatic carbocycles. The fourth-order valence-corrected chi connectivity index (χ4v) is 3.95. The van der Waals surface area contributed by atoms with E-state index in [0.29, 0.717) is 24.3 Å². The van der Waals surface area contributed by atoms with Gasteiger partial charge in [-0.15, -0.1) is 0 Å². The second-order valence-electron chi connectivity index (χ2n) is 7.46. The molecular weight excluding hydrogens is 369 g/mol. The van der Waals surface area contributed by atoms with Crippen molar-refractivity contribution >= 4 is 28.3 Å². The van der Waals surface area contributed by atoms with Gasteiger partial charge in [-0.2, -0.15) is 0 Å². The SMILES string of the molecule is CCOc1c2c(c(CC(C)C)c3ccccc13)C(=O)N(c1cc[c]cc1F)C2=O. The van der Waals surface area contributed by atoms with Crippen molar-refractivity contribution in [2.45, 2.75) is 27.2 Å². The van der Waals surface area contributed by atoms with E-state index in [0.717, 1.165) is 27.3 Å². The Morgan fingerprint density at radius 3 is 2.41 bits per heavy atom. The average Bonchev–Trinajstić information content (AvgIpc) is 2.95. The van der Waals surface area contributed by atoms with Crippen molar-refractivity contribution in [3.8, 4) is 5.75 Å². The number of halogens is 1. The molecule has 0 saturated carbocycles. The summed E-state index contributed by atoms with van der Waals surface area (Å²) in [6.07, 6.45) is 0.618. The number of hydrogen-bond donors (Lipinski definition) is 0. The van der Waals surface area contributed by atoms with Crippen molar-refractivity contribution in [2.24, 2.45) is 5.92 Å². The zero-order valence-electron chi connectivity index (χ0n) is 16.6. The van der Waals surface area contributed by atoms with Crippen molar-refractivity contribution in [1.29, 1.82) is 0 Å². The molecule has 5 heteroatoms. The third-order valence-electron chi connectivity index (χ3n) is 5.04. The fraction of sp³-hybridized carbons (Fsp3) is 0.250. The van der Waals surface area contributed by atoms with Gasteiger partial charge in [-0.1, -0.05) is 44.2 Å². The molecule has 0 spiro atoms. The highest BCUT2D eigenvalue weighted by Gasteiger charge is 2.43. The van der Waals surface area contributed by atoms with E-state index in [-0.39, 0.29) is 17.2 Å². The van der Waals surface area contributed by atoms with Crippen LogP contribution in [-0.2, 0) is 6.42 Å². The van der Waals surface area contributed by atoms with Crippen LogP contribution >= 0.6 is 0 Å². The first-order chi connectivity index (χ1) is 14.0. The van der Waals surface area contributed by atoms with Crippen LogP contribution in [0.15, 0.2) is 42.5 Å². The van der Waals surface area contributed by atoms with Crippen LogP contribution in [0.25, 0.3) is 10.8 Å². The molecule has 1 aliphatic rings. The van der Waals surface area contributed by atoms with E-state index < -0.39 is 17.6 Å². The number of carbonyl (C=O) groups excluding carboxylic acids is 2. The zero-order chi connectivity index (χ0) is 20.7. The third kappa shape index (κ3) is 2.97. The maximum absolute atomic E-state index is 14.4. The first-order valence-corrected chi connectivity index (χ1v) is 9.70. The van der Waals surface area contributed by atoms with Crippen LogP contribution in [0.3, 0.4) is 0 Å². The summed E-state index contributed by atoms with van der Waals surface area (Å²) < 4.78 is 20.3. The van der Waals surface area contributed by atoms with Crippen molar-refractivity contribution in [1.82, 2.24) is 0 Å². The van der Waals surface area contributed by atoms with Crippen LogP contribution in [0.2, 0.25) is 0 Å². The van der Waals surface area contributed by atoms with E-state index in [2.05, 4.69) is 19.9 Å². The topological polar surface area (TPSA) is 46.6 Å². The number of benzene rings is 3. The minimum atomic E-state index is -0.671. The highest BCUT2D eigenvalue weighted by molar-refractivity contribution is 6.37. The molecule has 1 aliphatic heterocycles. The number of carbonyl (C=O) groups is 2. The minimum Gasteiger partial charge on any atom is -0.492 e. The third-order valence-corrected chi connectivity index (χ3v) is 5.04. The Bertz CT molecular complexity index is 1140. The van der Waals surface area contributed by atoms with E-state index >= 15 is 0 Å². The predicted octanol–water partition coefficient (Wildman–Crippen LogP) is 5.18. The molecular formula is C24H21FNO3. The second-order valence-corrected chi connectivity index (χ2v) is 7.46. The van der Waals surface area contributed by atoms with Gasteiger partial charge in [0.1, 0.15) is 11.6 Å². The van der Waals surface area contributed by atoms with Gasteiger partial charge in [-0.25, -0.2) is 9.29 Å². The van der Waals surface area contributed by atoms with Crippen LogP contribution in [-0.4, -0.2) is 18.4 Å². The summed E-state index contributed by atoms with van der Waals surface area (Å²) in [5.41, 5.74) is 1.27. The smallest absolute Gasteiger partial charge is 0.270 e. The van der Waals surface area contributed by atoms with Crippen LogP contribution in [0.1, 0.15) is 47.1 Å². The van der Waals surface area contributed by atoms with E-state index in [4.69, 9.17) is 4.74 Å². The molecule has 0 aliphatic carbocycles. The van der Waals surface area contributed by atoms with Gasteiger partial charge < -0.3 is 4.74 Å². The van der Waals surface area contributed by atoms with Gasteiger partial charge in [0.25, 0.3) is 11.8 Å². The van der Waals surface area contributed by atoms with Gasteiger partial charge in [0, 0.05) is 5.39 Å². The lowest BCUT2D eigenvalue weighted by Gasteiger charge is -2.17. The highest BCUT2D eigenvalue weighted by atomic mass is 19.1. The van der Waals surface area contributed by atoms with Crippen molar-refractivity contribution < 1.29 is 18.7 Å². The molecule has 1 radical (unpaired) electrons. The van der Waals surface area contributed by atoms with Crippen molar-refractivity contribution in [3.63, 3.8) is 0 Å². The van der Waals surface area contributed by atoms with Gasteiger partial charge in [0.2, 0.25) is 0 Å². The molecule has 0 aromatic heterocycles. The molecule has 0 atom stereocenters. The largest absolute Gasteiger partial charge is 0.492 e. The minimum absolute atomic E-state index is 0.0723. The molecule has 147 valence electrons. The number of hydrogen-bond acceptors (Lipinski definition) is 3. The number of fused-ring (bicyclic) bond motifs is 2. The summed E-state index contributed by atoms with van der Waals surface area (Å²) in [4.78, 5) is 27.7. The maximum Gasteiger partial charge on any atom is 0.270 e. The van der Waals surface area contributed by atoms with Crippen molar-refractivity contribution in [2.75, 3.05) is 11.5 Å². The van der Waals surface area contributed by atoms with Crippen LogP contribution in [0.5, 0.6) is 5.75 Å². The highest BCUT2D eigenvalue weighted by Crippen LogP contribution is 2.43. The zero-order valence-corrected chi connectivity index (χ0v) is 16.6. The molecule has 3 aromatic rings. The number of imide groups is 1. The van der Waals surface area contributed by atoms with Gasteiger partial charge in [-0.05, 0) is 48.4 Å². The lowest BCUT2D eigenvalue weighted by atomic mass is 9.89. The van der Waals surface area contributed by atoms with E-state index in [1.807, 2.05) is 31.2 Å². The first-order valence-electron chi connectivity index (χ1n) is 9.70. The number of ether oxygens (including phenoxy) is 1. The standard InChI is InChI=1S/C24H21FNO3/c1-4-29-22-16-10-6-5-9-15(16)17(13-14(2)3)20-21(22)24(28)26(23(20)27)19-12-8-7-11-18(19)25/h5-6,8-12,14H,4,13H2,1-3H3. The summed E-state index contributed by atoms with van der Waals surface area (Å²) in [7, 11) is 0. The molecule has 0 N–H and O–H groups in total. The van der Waals surface area contributed by atoms with Gasteiger partial charge in [0.05, 0.1) is 23.4 Å². The van der Waals surface area contributed by atoms with E-state index in [1.165, 1.54) is 12.1 Å². The lowest BCUT2D eigenvalue weighted by molar-refractivity contribution is 0.0924. The number of rotatable bonds is 5. The van der Waals surface area contributed by atoms with Gasteiger partial charge >= 0.3 is 0 Å². The molecule has 1 heterocycles. The number of nitrogens with zero attached hydrogens (tertiary/aromatic N) is 1. The predicted molar refractivity (Wildman–Crippen MR) is 110 cm³/mol. The van der Waals surface area contributed by atoms with Gasteiger partial charge in [0.15, 0.2) is 0 Å². The summed E-state index contributed by atoms with van der Waals surface area (Å²) in [6.45, 7) is 6.29. The summed E-state index contributed by atoms with van der Waals surface area (Å²) >= 11 is 0. The van der Waals surface area contributed by atoms with Crippen molar-refractivity contribution in [3.05, 3.63) is 71.0 Å². The normalized spacial score (nSPS) is 13.5. The molecule has 0 bridgehead atoms. The number of anilines is 1. The molecule has 0 unspecified atom stereocenters. The summed E-state index contributed by atoms with van der Waals surface area (Å²) in [5.74, 6) is -1.10. The molecule has 0 fully saturated rings. The molecule has 4 rings (SSSR count).